The lowest BCUT2D eigenvalue weighted by atomic mass is 10.2. The lowest BCUT2D eigenvalue weighted by Crippen LogP contribution is -2.04. The molecule has 84 valence electrons. The highest BCUT2D eigenvalue weighted by Crippen LogP contribution is 2.39. The molecule has 1 aliphatic carbocycles. The Labute approximate surface area is 94.7 Å². The van der Waals surface area contributed by atoms with E-state index >= 15 is 0 Å². The second kappa shape index (κ2) is 3.32. The molecular formula is C13H16N2O. The molecule has 3 heteroatoms. The highest BCUT2D eigenvalue weighted by molar-refractivity contribution is 5.77. The molecule has 1 saturated carbocycles. The fourth-order valence-electron chi connectivity index (χ4n) is 2.24. The van der Waals surface area contributed by atoms with Gasteiger partial charge >= 0.3 is 0 Å². The predicted octanol–water partition coefficient (Wildman–Crippen LogP) is 2.73. The molecule has 3 nitrogen and oxygen atoms in total. The van der Waals surface area contributed by atoms with Crippen LogP contribution in [0.2, 0.25) is 0 Å². The van der Waals surface area contributed by atoms with Gasteiger partial charge in [0, 0.05) is 6.04 Å². The van der Waals surface area contributed by atoms with E-state index in [0.29, 0.717) is 6.04 Å². The maximum Gasteiger partial charge on any atom is 0.138 e. The molecule has 0 bridgehead atoms. The van der Waals surface area contributed by atoms with Gasteiger partial charge in [0.1, 0.15) is 11.9 Å². The quantitative estimate of drug-likeness (QED) is 0.838. The minimum atomic E-state index is -0.492. The first-order valence-corrected chi connectivity index (χ1v) is 5.83. The van der Waals surface area contributed by atoms with Crippen molar-refractivity contribution in [1.29, 1.82) is 0 Å². The van der Waals surface area contributed by atoms with Crippen molar-refractivity contribution in [2.75, 3.05) is 0 Å². The van der Waals surface area contributed by atoms with E-state index in [0.717, 1.165) is 16.9 Å². The largest absolute Gasteiger partial charge is 0.385 e. The van der Waals surface area contributed by atoms with E-state index in [1.807, 2.05) is 0 Å². The van der Waals surface area contributed by atoms with Gasteiger partial charge in [0.25, 0.3) is 0 Å². The number of aliphatic hydroxyl groups excluding tert-OH is 1. The van der Waals surface area contributed by atoms with Gasteiger partial charge in [0.05, 0.1) is 11.0 Å². The molecule has 1 aromatic heterocycles. The number of fused-ring (bicyclic) bond motifs is 1. The first kappa shape index (κ1) is 9.85. The van der Waals surface area contributed by atoms with Crippen LogP contribution >= 0.6 is 0 Å². The monoisotopic (exact) mass is 216 g/mol. The number of aromatic nitrogens is 2. The summed E-state index contributed by atoms with van der Waals surface area (Å²) >= 11 is 0. The van der Waals surface area contributed by atoms with Gasteiger partial charge in [-0.15, -0.1) is 0 Å². The smallest absolute Gasteiger partial charge is 0.138 e. The van der Waals surface area contributed by atoms with Crippen molar-refractivity contribution in [2.24, 2.45) is 0 Å². The number of aliphatic hydroxyl groups is 1. The number of aryl methyl sites for hydroxylation is 1. The van der Waals surface area contributed by atoms with Crippen LogP contribution in [0.4, 0.5) is 0 Å². The predicted molar refractivity (Wildman–Crippen MR) is 63.4 cm³/mol. The summed E-state index contributed by atoms with van der Waals surface area (Å²) in [6, 6.07) is 6.86. The maximum absolute atomic E-state index is 9.77. The van der Waals surface area contributed by atoms with Crippen LogP contribution in [-0.4, -0.2) is 14.7 Å². The zero-order valence-electron chi connectivity index (χ0n) is 9.64. The van der Waals surface area contributed by atoms with Gasteiger partial charge in [-0.25, -0.2) is 4.98 Å². The van der Waals surface area contributed by atoms with Crippen LogP contribution < -0.4 is 0 Å². The molecule has 3 rings (SSSR count). The van der Waals surface area contributed by atoms with E-state index in [2.05, 4.69) is 34.7 Å². The second-order valence-corrected chi connectivity index (χ2v) is 4.74. The van der Waals surface area contributed by atoms with Crippen LogP contribution in [0.25, 0.3) is 11.0 Å². The van der Waals surface area contributed by atoms with Gasteiger partial charge < -0.3 is 9.67 Å². The van der Waals surface area contributed by atoms with E-state index in [-0.39, 0.29) is 0 Å². The number of hydrogen-bond donors (Lipinski definition) is 1. The molecule has 0 spiro atoms. The van der Waals surface area contributed by atoms with E-state index in [9.17, 15) is 5.11 Å². The van der Waals surface area contributed by atoms with Crippen LogP contribution in [0.1, 0.15) is 43.3 Å². The lowest BCUT2D eigenvalue weighted by molar-refractivity contribution is 0.184. The van der Waals surface area contributed by atoms with E-state index in [4.69, 9.17) is 0 Å². The Balaban J connectivity index is 2.28. The third-order valence-corrected chi connectivity index (χ3v) is 3.16. The summed E-state index contributed by atoms with van der Waals surface area (Å²) in [7, 11) is 0. The molecule has 1 aliphatic rings. The average Bonchev–Trinajstić information content (AvgIpc) is 2.99. The third kappa shape index (κ3) is 1.43. The summed E-state index contributed by atoms with van der Waals surface area (Å²) in [5.41, 5.74) is 3.37. The zero-order chi connectivity index (χ0) is 11.3. The van der Waals surface area contributed by atoms with Crippen LogP contribution in [-0.2, 0) is 0 Å². The third-order valence-electron chi connectivity index (χ3n) is 3.16. The molecule has 1 N–H and O–H groups in total. The summed E-state index contributed by atoms with van der Waals surface area (Å²) in [4.78, 5) is 4.55. The number of benzene rings is 1. The normalized spacial score (nSPS) is 17.9. The Morgan fingerprint density at radius 1 is 1.44 bits per heavy atom. The Morgan fingerprint density at radius 3 is 2.81 bits per heavy atom. The van der Waals surface area contributed by atoms with Crippen molar-refractivity contribution in [3.63, 3.8) is 0 Å². The molecule has 0 aliphatic heterocycles. The van der Waals surface area contributed by atoms with Gasteiger partial charge in [-0.2, -0.15) is 0 Å². The van der Waals surface area contributed by atoms with Crippen molar-refractivity contribution < 1.29 is 5.11 Å². The molecule has 1 heterocycles. The summed E-state index contributed by atoms with van der Waals surface area (Å²) < 4.78 is 2.21. The molecular weight excluding hydrogens is 200 g/mol. The lowest BCUT2D eigenvalue weighted by Gasteiger charge is -2.09. The van der Waals surface area contributed by atoms with Crippen LogP contribution in [0, 0.1) is 6.92 Å². The minimum Gasteiger partial charge on any atom is -0.385 e. The second-order valence-electron chi connectivity index (χ2n) is 4.74. The van der Waals surface area contributed by atoms with Crippen molar-refractivity contribution in [1.82, 2.24) is 9.55 Å². The van der Waals surface area contributed by atoms with E-state index in [1.54, 1.807) is 6.92 Å². The fourth-order valence-corrected chi connectivity index (χ4v) is 2.24. The highest BCUT2D eigenvalue weighted by Gasteiger charge is 2.29. The van der Waals surface area contributed by atoms with Gasteiger partial charge in [-0.3, -0.25) is 0 Å². The van der Waals surface area contributed by atoms with E-state index in [1.165, 1.54) is 18.4 Å². The number of hydrogen-bond acceptors (Lipinski definition) is 2. The van der Waals surface area contributed by atoms with Gasteiger partial charge in [0.2, 0.25) is 0 Å². The number of nitrogens with zero attached hydrogens (tertiary/aromatic N) is 2. The first-order valence-electron chi connectivity index (χ1n) is 5.83. The Bertz CT molecular complexity index is 538. The molecule has 0 radical (unpaired) electrons. The van der Waals surface area contributed by atoms with Crippen molar-refractivity contribution in [2.45, 2.75) is 38.8 Å². The Kier molecular flexibility index (Phi) is 2.04. The minimum absolute atomic E-state index is 0.492. The Hall–Kier alpha value is -1.35. The average molecular weight is 216 g/mol. The molecule has 1 fully saturated rings. The fraction of sp³-hybridized carbons (Fsp3) is 0.462. The van der Waals surface area contributed by atoms with Crippen LogP contribution in [0.15, 0.2) is 18.2 Å². The molecule has 0 saturated heterocycles. The SMILES string of the molecule is Cc1ccc2c(c1)nc(C(C)O)n2C1CC1. The molecule has 16 heavy (non-hydrogen) atoms. The van der Waals surface area contributed by atoms with Gasteiger partial charge in [0.15, 0.2) is 0 Å². The molecule has 2 aromatic rings. The molecule has 1 atom stereocenters. The zero-order valence-corrected chi connectivity index (χ0v) is 9.64. The first-order chi connectivity index (χ1) is 7.66. The summed E-state index contributed by atoms with van der Waals surface area (Å²) in [5.74, 6) is 0.808. The van der Waals surface area contributed by atoms with Crippen molar-refractivity contribution in [3.05, 3.63) is 29.6 Å². The summed E-state index contributed by atoms with van der Waals surface area (Å²) in [5, 5.41) is 9.77. The van der Waals surface area contributed by atoms with Crippen LogP contribution in [0.5, 0.6) is 0 Å². The Morgan fingerprint density at radius 2 is 2.19 bits per heavy atom. The van der Waals surface area contributed by atoms with Gasteiger partial charge in [-0.1, -0.05) is 6.07 Å². The highest BCUT2D eigenvalue weighted by atomic mass is 16.3. The molecule has 1 unspecified atom stereocenters. The van der Waals surface area contributed by atoms with E-state index < -0.39 is 6.10 Å². The van der Waals surface area contributed by atoms with Gasteiger partial charge in [-0.05, 0) is 44.4 Å². The number of rotatable bonds is 2. The maximum atomic E-state index is 9.77. The van der Waals surface area contributed by atoms with Crippen molar-refractivity contribution in [3.8, 4) is 0 Å². The summed E-state index contributed by atoms with van der Waals surface area (Å²) in [6.07, 6.45) is 1.92. The van der Waals surface area contributed by atoms with Crippen LogP contribution in [0.3, 0.4) is 0 Å². The topological polar surface area (TPSA) is 38.1 Å². The molecule has 1 aromatic carbocycles. The summed E-state index contributed by atoms with van der Waals surface area (Å²) in [6.45, 7) is 3.85. The standard InChI is InChI=1S/C13H16N2O/c1-8-3-6-12-11(7-8)14-13(9(2)16)15(12)10-4-5-10/h3,6-7,9-10,16H,4-5H2,1-2H3. The van der Waals surface area contributed by atoms with Crippen molar-refractivity contribution >= 4 is 11.0 Å². The number of imidazole rings is 1. The molecule has 0 amide bonds.